The fraction of sp³-hybridized carbons (Fsp3) is 0.160. The van der Waals surface area contributed by atoms with E-state index in [2.05, 4.69) is 0 Å². The van der Waals surface area contributed by atoms with E-state index >= 15 is 0 Å². The minimum Gasteiger partial charge on any atom is -0.462 e. The van der Waals surface area contributed by atoms with Gasteiger partial charge < -0.3 is 4.74 Å². The third-order valence-corrected chi connectivity index (χ3v) is 6.18. The smallest absolute Gasteiger partial charge is 0.416 e. The summed E-state index contributed by atoms with van der Waals surface area (Å²) in [4.78, 5) is 12.9. The topological polar surface area (TPSA) is 26.3 Å². The average Bonchev–Trinajstić information content (AvgIpc) is 3.16. The molecule has 0 radical (unpaired) electrons. The highest BCUT2D eigenvalue weighted by Crippen LogP contribution is 2.38. The SMILES string of the molecule is CCOC(=O)c1ccc(F)c(-c2cccc3cc(Cc4cccc(C(F)(F)F)c4)sc23)c1. The van der Waals surface area contributed by atoms with Crippen molar-refractivity contribution in [3.63, 3.8) is 0 Å². The van der Waals surface area contributed by atoms with E-state index in [1.165, 1.54) is 35.6 Å². The number of alkyl halides is 3. The van der Waals surface area contributed by atoms with Crippen LogP contribution < -0.4 is 0 Å². The van der Waals surface area contributed by atoms with E-state index < -0.39 is 23.5 Å². The standard InChI is InChI=1S/C25H18F4O2S/c1-2-31-24(30)17-9-10-22(26)21(14-17)20-8-4-6-16-13-19(32-23(16)20)12-15-5-3-7-18(11-15)25(27,28)29/h3-11,13-14H,2,12H2,1H3. The highest BCUT2D eigenvalue weighted by Gasteiger charge is 2.30. The Labute approximate surface area is 186 Å². The van der Waals surface area contributed by atoms with Crippen molar-refractivity contribution in [2.24, 2.45) is 0 Å². The molecule has 0 N–H and O–H groups in total. The molecule has 0 fully saturated rings. The lowest BCUT2D eigenvalue weighted by atomic mass is 10.0. The van der Waals surface area contributed by atoms with Gasteiger partial charge in [-0.25, -0.2) is 9.18 Å². The molecule has 4 rings (SSSR count). The molecular formula is C25H18F4O2S. The van der Waals surface area contributed by atoms with E-state index in [0.29, 0.717) is 17.5 Å². The number of thiophene rings is 1. The number of rotatable bonds is 5. The van der Waals surface area contributed by atoms with Crippen molar-refractivity contribution in [3.8, 4) is 11.1 Å². The van der Waals surface area contributed by atoms with Crippen LogP contribution in [-0.4, -0.2) is 12.6 Å². The van der Waals surface area contributed by atoms with Crippen molar-refractivity contribution in [2.45, 2.75) is 19.5 Å². The van der Waals surface area contributed by atoms with Gasteiger partial charge in [-0.1, -0.05) is 36.4 Å². The maximum Gasteiger partial charge on any atom is 0.416 e. The second kappa shape index (κ2) is 8.74. The van der Waals surface area contributed by atoms with Gasteiger partial charge in [0.1, 0.15) is 5.82 Å². The Bertz CT molecular complexity index is 1290. The summed E-state index contributed by atoms with van der Waals surface area (Å²) in [7, 11) is 0. The first-order chi connectivity index (χ1) is 15.3. The lowest BCUT2D eigenvalue weighted by molar-refractivity contribution is -0.137. The molecule has 3 aromatic carbocycles. The van der Waals surface area contributed by atoms with E-state index in [1.54, 1.807) is 25.1 Å². The van der Waals surface area contributed by atoms with Crippen LogP contribution in [0.2, 0.25) is 0 Å². The predicted octanol–water partition coefficient (Wildman–Crippen LogP) is 7.49. The van der Waals surface area contributed by atoms with Crippen LogP contribution in [0.15, 0.2) is 66.7 Å². The molecule has 2 nitrogen and oxygen atoms in total. The maximum absolute atomic E-state index is 14.7. The Kier molecular flexibility index (Phi) is 6.02. The van der Waals surface area contributed by atoms with Gasteiger partial charge in [0.05, 0.1) is 17.7 Å². The molecule has 0 bridgehead atoms. The highest BCUT2D eigenvalue weighted by atomic mass is 32.1. The largest absolute Gasteiger partial charge is 0.462 e. The molecule has 0 amide bonds. The lowest BCUT2D eigenvalue weighted by Gasteiger charge is -2.08. The molecule has 0 spiro atoms. The van der Waals surface area contributed by atoms with Crippen LogP contribution >= 0.6 is 11.3 Å². The van der Waals surface area contributed by atoms with Crippen LogP contribution in [0.1, 0.15) is 33.3 Å². The van der Waals surface area contributed by atoms with E-state index in [0.717, 1.165) is 27.1 Å². The molecule has 0 atom stereocenters. The molecule has 0 saturated carbocycles. The first-order valence-electron chi connectivity index (χ1n) is 9.91. The van der Waals surface area contributed by atoms with E-state index in [1.807, 2.05) is 12.1 Å². The van der Waals surface area contributed by atoms with E-state index in [4.69, 9.17) is 4.74 Å². The first kappa shape index (κ1) is 22.0. The molecule has 1 heterocycles. The number of hydrogen-bond donors (Lipinski definition) is 0. The Morgan fingerprint density at radius 2 is 1.75 bits per heavy atom. The number of ether oxygens (including phenoxy) is 1. The summed E-state index contributed by atoms with van der Waals surface area (Å²) in [6.07, 6.45) is -4.07. The zero-order valence-electron chi connectivity index (χ0n) is 17.0. The zero-order chi connectivity index (χ0) is 22.9. The number of esters is 1. The van der Waals surface area contributed by atoms with Crippen LogP contribution in [0.25, 0.3) is 21.2 Å². The van der Waals surface area contributed by atoms with Crippen molar-refractivity contribution >= 4 is 27.4 Å². The van der Waals surface area contributed by atoms with Gasteiger partial charge >= 0.3 is 12.1 Å². The van der Waals surface area contributed by atoms with Crippen LogP contribution in [0.3, 0.4) is 0 Å². The fourth-order valence-corrected chi connectivity index (χ4v) is 4.77. The zero-order valence-corrected chi connectivity index (χ0v) is 17.8. The molecule has 7 heteroatoms. The molecule has 0 unspecified atom stereocenters. The summed E-state index contributed by atoms with van der Waals surface area (Å²) >= 11 is 1.40. The summed E-state index contributed by atoms with van der Waals surface area (Å²) in [5, 5.41) is 0.857. The Morgan fingerprint density at radius 1 is 0.969 bits per heavy atom. The molecule has 4 aromatic rings. The van der Waals surface area contributed by atoms with Gasteiger partial charge in [0, 0.05) is 27.1 Å². The van der Waals surface area contributed by atoms with Gasteiger partial charge in [0.15, 0.2) is 0 Å². The molecule has 0 aliphatic rings. The van der Waals surface area contributed by atoms with Crippen molar-refractivity contribution in [3.05, 3.63) is 94.1 Å². The summed E-state index contributed by atoms with van der Waals surface area (Å²) in [5.41, 5.74) is 0.999. The lowest BCUT2D eigenvalue weighted by Crippen LogP contribution is -2.05. The predicted molar refractivity (Wildman–Crippen MR) is 117 cm³/mol. The fourth-order valence-electron chi connectivity index (χ4n) is 3.55. The minimum absolute atomic E-state index is 0.213. The van der Waals surface area contributed by atoms with Gasteiger partial charge in [-0.05, 0) is 48.2 Å². The molecule has 32 heavy (non-hydrogen) atoms. The van der Waals surface area contributed by atoms with Crippen LogP contribution in [0.5, 0.6) is 0 Å². The Morgan fingerprint density at radius 3 is 2.50 bits per heavy atom. The van der Waals surface area contributed by atoms with E-state index in [-0.39, 0.29) is 17.7 Å². The number of carbonyl (C=O) groups is 1. The van der Waals surface area contributed by atoms with Crippen molar-refractivity contribution in [1.29, 1.82) is 0 Å². The van der Waals surface area contributed by atoms with Crippen molar-refractivity contribution < 1.29 is 27.1 Å². The molecule has 0 aliphatic heterocycles. The van der Waals surface area contributed by atoms with Crippen LogP contribution in [0.4, 0.5) is 17.6 Å². The third-order valence-electron chi connectivity index (χ3n) is 5.00. The molecular weight excluding hydrogens is 440 g/mol. The van der Waals surface area contributed by atoms with Crippen LogP contribution in [-0.2, 0) is 17.3 Å². The number of carbonyl (C=O) groups excluding carboxylic acids is 1. The van der Waals surface area contributed by atoms with Crippen LogP contribution in [0, 0.1) is 5.82 Å². The Balaban J connectivity index is 1.73. The third kappa shape index (κ3) is 4.53. The summed E-state index contributed by atoms with van der Waals surface area (Å²) in [6.45, 7) is 1.91. The number of benzene rings is 3. The quantitative estimate of drug-likeness (QED) is 0.229. The number of fused-ring (bicyclic) bond motifs is 1. The number of hydrogen-bond acceptors (Lipinski definition) is 3. The van der Waals surface area contributed by atoms with Crippen molar-refractivity contribution in [2.75, 3.05) is 6.61 Å². The number of halogens is 4. The molecule has 164 valence electrons. The average molecular weight is 458 g/mol. The molecule has 0 saturated heterocycles. The van der Waals surface area contributed by atoms with Gasteiger partial charge in [-0.2, -0.15) is 13.2 Å². The highest BCUT2D eigenvalue weighted by molar-refractivity contribution is 7.19. The molecule has 0 aliphatic carbocycles. The second-order valence-electron chi connectivity index (χ2n) is 7.23. The summed E-state index contributed by atoms with van der Waals surface area (Å²) in [5.74, 6) is -1.00. The van der Waals surface area contributed by atoms with Gasteiger partial charge in [0.25, 0.3) is 0 Å². The second-order valence-corrected chi connectivity index (χ2v) is 8.36. The van der Waals surface area contributed by atoms with Gasteiger partial charge in [-0.15, -0.1) is 11.3 Å². The first-order valence-corrected chi connectivity index (χ1v) is 10.7. The summed E-state index contributed by atoms with van der Waals surface area (Å²) < 4.78 is 59.6. The molecule has 1 aromatic heterocycles. The van der Waals surface area contributed by atoms with E-state index in [9.17, 15) is 22.4 Å². The minimum atomic E-state index is -4.40. The maximum atomic E-state index is 14.7. The summed E-state index contributed by atoms with van der Waals surface area (Å²) in [6, 6.07) is 16.6. The normalized spacial score (nSPS) is 11.7. The Hall–Kier alpha value is -3.19. The monoisotopic (exact) mass is 458 g/mol. The van der Waals surface area contributed by atoms with Gasteiger partial charge in [0.2, 0.25) is 0 Å². The van der Waals surface area contributed by atoms with Gasteiger partial charge in [-0.3, -0.25) is 0 Å². The van der Waals surface area contributed by atoms with Crippen molar-refractivity contribution in [1.82, 2.24) is 0 Å².